The van der Waals surface area contributed by atoms with Crippen LogP contribution in [0.15, 0.2) is 18.2 Å². The van der Waals surface area contributed by atoms with E-state index in [1.165, 1.54) is 43.2 Å². The number of hydrogen-bond donors (Lipinski definition) is 1. The average Bonchev–Trinajstić information content (AvgIpc) is 2.24. The van der Waals surface area contributed by atoms with Gasteiger partial charge in [0.2, 0.25) is 0 Å². The summed E-state index contributed by atoms with van der Waals surface area (Å²) in [6.45, 7) is 6.61. The van der Waals surface area contributed by atoms with Gasteiger partial charge in [0.05, 0.1) is 0 Å². The molecule has 0 spiro atoms. The molecule has 0 radical (unpaired) electrons. The third-order valence-corrected chi connectivity index (χ3v) is 3.27. The minimum Gasteiger partial charge on any atom is -0.508 e. The van der Waals surface area contributed by atoms with Crippen LogP contribution >= 0.6 is 0 Å². The van der Waals surface area contributed by atoms with Crippen LogP contribution in [0.2, 0.25) is 0 Å². The molecule has 1 aromatic carbocycles. The standard InChI is InChI=1S/C15H24O/c1-4-5-6-7-8-12(2)15-10-9-14(16)11-13(15)3/h9-12,16H,4-8H2,1-3H3. The van der Waals surface area contributed by atoms with Gasteiger partial charge in [0.1, 0.15) is 5.75 Å². The predicted molar refractivity (Wildman–Crippen MR) is 70.0 cm³/mol. The van der Waals surface area contributed by atoms with Gasteiger partial charge in [-0.2, -0.15) is 0 Å². The van der Waals surface area contributed by atoms with Crippen LogP contribution in [0.4, 0.5) is 0 Å². The molecule has 0 aromatic heterocycles. The fraction of sp³-hybridized carbons (Fsp3) is 0.600. The van der Waals surface area contributed by atoms with Gasteiger partial charge in [0, 0.05) is 0 Å². The fourth-order valence-corrected chi connectivity index (χ4v) is 2.25. The summed E-state index contributed by atoms with van der Waals surface area (Å²) in [6.07, 6.45) is 6.56. The lowest BCUT2D eigenvalue weighted by molar-refractivity contribution is 0.474. The van der Waals surface area contributed by atoms with Crippen molar-refractivity contribution < 1.29 is 5.11 Å². The van der Waals surface area contributed by atoms with Gasteiger partial charge < -0.3 is 5.11 Å². The molecule has 1 rings (SSSR count). The molecule has 0 aliphatic rings. The lowest BCUT2D eigenvalue weighted by Crippen LogP contribution is -1.96. The van der Waals surface area contributed by atoms with Crippen molar-refractivity contribution in [3.63, 3.8) is 0 Å². The lowest BCUT2D eigenvalue weighted by Gasteiger charge is -2.14. The molecule has 1 aromatic rings. The first-order valence-corrected chi connectivity index (χ1v) is 6.44. The van der Waals surface area contributed by atoms with Crippen LogP contribution in [-0.2, 0) is 0 Å². The second-order valence-corrected chi connectivity index (χ2v) is 4.79. The van der Waals surface area contributed by atoms with Crippen molar-refractivity contribution in [1.82, 2.24) is 0 Å². The lowest BCUT2D eigenvalue weighted by atomic mass is 9.91. The molecule has 0 fully saturated rings. The molecule has 1 unspecified atom stereocenters. The summed E-state index contributed by atoms with van der Waals surface area (Å²) in [6, 6.07) is 5.72. The van der Waals surface area contributed by atoms with Gasteiger partial charge in [-0.25, -0.2) is 0 Å². The maximum absolute atomic E-state index is 9.37. The Balaban J connectivity index is 2.49. The Kier molecular flexibility index (Phi) is 5.37. The topological polar surface area (TPSA) is 20.2 Å². The van der Waals surface area contributed by atoms with E-state index in [0.717, 1.165) is 0 Å². The average molecular weight is 220 g/mol. The monoisotopic (exact) mass is 220 g/mol. The Hall–Kier alpha value is -0.980. The summed E-state index contributed by atoms with van der Waals surface area (Å²) >= 11 is 0. The summed E-state index contributed by atoms with van der Waals surface area (Å²) in [4.78, 5) is 0. The number of phenols is 1. The number of unbranched alkanes of at least 4 members (excludes halogenated alkanes) is 3. The van der Waals surface area contributed by atoms with Gasteiger partial charge in [-0.3, -0.25) is 0 Å². The van der Waals surface area contributed by atoms with Gasteiger partial charge in [0.15, 0.2) is 0 Å². The molecule has 0 bridgehead atoms. The normalized spacial score (nSPS) is 12.7. The Morgan fingerprint density at radius 2 is 1.94 bits per heavy atom. The molecule has 0 saturated carbocycles. The second kappa shape index (κ2) is 6.57. The number of aromatic hydroxyl groups is 1. The van der Waals surface area contributed by atoms with Crippen molar-refractivity contribution in [3.05, 3.63) is 29.3 Å². The molecule has 0 saturated heterocycles. The third-order valence-electron chi connectivity index (χ3n) is 3.27. The molecule has 0 aliphatic carbocycles. The molecular weight excluding hydrogens is 196 g/mol. The highest BCUT2D eigenvalue weighted by Gasteiger charge is 2.08. The largest absolute Gasteiger partial charge is 0.508 e. The molecule has 0 amide bonds. The maximum atomic E-state index is 9.37. The predicted octanol–water partition coefficient (Wildman–Crippen LogP) is 4.77. The van der Waals surface area contributed by atoms with E-state index in [1.54, 1.807) is 6.07 Å². The molecular formula is C15H24O. The first-order valence-electron chi connectivity index (χ1n) is 6.44. The molecule has 1 atom stereocenters. The summed E-state index contributed by atoms with van der Waals surface area (Å²) in [7, 11) is 0. The van der Waals surface area contributed by atoms with Crippen molar-refractivity contribution in [1.29, 1.82) is 0 Å². The highest BCUT2D eigenvalue weighted by Crippen LogP contribution is 2.27. The maximum Gasteiger partial charge on any atom is 0.115 e. The van der Waals surface area contributed by atoms with Gasteiger partial charge >= 0.3 is 0 Å². The number of aryl methyl sites for hydroxylation is 1. The Labute approximate surface area is 99.5 Å². The fourth-order valence-electron chi connectivity index (χ4n) is 2.25. The number of benzene rings is 1. The zero-order valence-corrected chi connectivity index (χ0v) is 10.8. The minimum absolute atomic E-state index is 0.374. The number of phenolic OH excluding ortho intramolecular Hbond substituents is 1. The van der Waals surface area contributed by atoms with E-state index in [2.05, 4.69) is 26.8 Å². The highest BCUT2D eigenvalue weighted by atomic mass is 16.3. The first-order chi connectivity index (χ1) is 7.65. The van der Waals surface area contributed by atoms with E-state index in [0.29, 0.717) is 11.7 Å². The summed E-state index contributed by atoms with van der Waals surface area (Å²) in [5.74, 6) is 0.983. The summed E-state index contributed by atoms with van der Waals surface area (Å²) in [5, 5.41) is 9.37. The van der Waals surface area contributed by atoms with Gasteiger partial charge in [-0.1, -0.05) is 45.6 Å². The van der Waals surface area contributed by atoms with Crippen molar-refractivity contribution in [2.45, 2.75) is 58.8 Å². The van der Waals surface area contributed by atoms with Crippen molar-refractivity contribution in [3.8, 4) is 5.75 Å². The molecule has 16 heavy (non-hydrogen) atoms. The number of rotatable bonds is 6. The van der Waals surface area contributed by atoms with Crippen LogP contribution < -0.4 is 0 Å². The van der Waals surface area contributed by atoms with Crippen LogP contribution in [0.1, 0.15) is 63.0 Å². The van der Waals surface area contributed by atoms with Gasteiger partial charge in [-0.05, 0) is 42.5 Å². The van der Waals surface area contributed by atoms with Crippen LogP contribution in [-0.4, -0.2) is 5.11 Å². The van der Waals surface area contributed by atoms with Crippen LogP contribution in [0.5, 0.6) is 5.75 Å². The van der Waals surface area contributed by atoms with E-state index in [9.17, 15) is 5.11 Å². The zero-order valence-electron chi connectivity index (χ0n) is 10.8. The molecule has 90 valence electrons. The van der Waals surface area contributed by atoms with Crippen molar-refractivity contribution in [2.24, 2.45) is 0 Å². The second-order valence-electron chi connectivity index (χ2n) is 4.79. The number of hydrogen-bond acceptors (Lipinski definition) is 1. The SMILES string of the molecule is CCCCCCC(C)c1ccc(O)cc1C. The van der Waals surface area contributed by atoms with Crippen molar-refractivity contribution >= 4 is 0 Å². The first kappa shape index (κ1) is 13.1. The zero-order chi connectivity index (χ0) is 12.0. The van der Waals surface area contributed by atoms with Gasteiger partial charge in [-0.15, -0.1) is 0 Å². The molecule has 1 nitrogen and oxygen atoms in total. The van der Waals surface area contributed by atoms with Crippen molar-refractivity contribution in [2.75, 3.05) is 0 Å². The highest BCUT2D eigenvalue weighted by molar-refractivity contribution is 5.35. The van der Waals surface area contributed by atoms with Crippen LogP contribution in [0.25, 0.3) is 0 Å². The third kappa shape index (κ3) is 3.88. The van der Waals surface area contributed by atoms with Crippen LogP contribution in [0.3, 0.4) is 0 Å². The summed E-state index contributed by atoms with van der Waals surface area (Å²) in [5.41, 5.74) is 2.59. The van der Waals surface area contributed by atoms with Gasteiger partial charge in [0.25, 0.3) is 0 Å². The Morgan fingerprint density at radius 3 is 2.56 bits per heavy atom. The van der Waals surface area contributed by atoms with E-state index in [4.69, 9.17) is 0 Å². The van der Waals surface area contributed by atoms with E-state index < -0.39 is 0 Å². The molecule has 0 heterocycles. The quantitative estimate of drug-likeness (QED) is 0.684. The van der Waals surface area contributed by atoms with E-state index in [-0.39, 0.29) is 0 Å². The molecule has 0 aliphatic heterocycles. The van der Waals surface area contributed by atoms with E-state index in [1.807, 2.05) is 6.07 Å². The summed E-state index contributed by atoms with van der Waals surface area (Å²) < 4.78 is 0. The van der Waals surface area contributed by atoms with Crippen LogP contribution in [0, 0.1) is 6.92 Å². The Morgan fingerprint density at radius 1 is 1.19 bits per heavy atom. The Bertz CT molecular complexity index is 317. The molecule has 1 N–H and O–H groups in total. The van der Waals surface area contributed by atoms with E-state index >= 15 is 0 Å². The molecule has 1 heteroatoms. The minimum atomic E-state index is 0.374. The smallest absolute Gasteiger partial charge is 0.115 e.